The topological polar surface area (TPSA) is 128 Å². The molecule has 0 unspecified atom stereocenters. The normalized spacial score (nSPS) is 10.6. The first-order chi connectivity index (χ1) is 20.0. The Kier molecular flexibility index (Phi) is 10.9. The molecular weight excluding hydrogens is 550 g/mol. The van der Waals surface area contributed by atoms with Gasteiger partial charge in [0, 0.05) is 25.3 Å². The number of nitrogens with zero attached hydrogens (tertiary/aromatic N) is 2. The number of halogens is 2. The van der Waals surface area contributed by atoms with Crippen molar-refractivity contribution in [1.82, 2.24) is 5.32 Å². The zero-order chi connectivity index (χ0) is 30.8. The van der Waals surface area contributed by atoms with Crippen LogP contribution in [-0.2, 0) is 9.59 Å². The molecule has 0 spiro atoms. The van der Waals surface area contributed by atoms with Crippen molar-refractivity contribution in [2.45, 2.75) is 20.3 Å². The smallest absolute Gasteiger partial charge is 0.335 e. The van der Waals surface area contributed by atoms with Crippen LogP contribution in [0.4, 0.5) is 30.6 Å². The van der Waals surface area contributed by atoms with Crippen molar-refractivity contribution in [3.8, 4) is 5.75 Å². The first-order valence-electron chi connectivity index (χ1n) is 13.1. The molecule has 3 N–H and O–H groups in total. The summed E-state index contributed by atoms with van der Waals surface area (Å²) in [5, 5.41) is 14.1. The number of amides is 4. The molecule has 0 aliphatic rings. The van der Waals surface area contributed by atoms with Crippen LogP contribution in [0.25, 0.3) is 0 Å². The van der Waals surface area contributed by atoms with E-state index in [1.165, 1.54) is 36.2 Å². The zero-order valence-corrected chi connectivity index (χ0v) is 23.4. The molecule has 0 saturated heterocycles. The number of likely N-dealkylation sites (N-methyl/N-ethyl adjacent to an activating group) is 1. The van der Waals surface area contributed by atoms with Crippen molar-refractivity contribution in [2.75, 3.05) is 41.9 Å². The summed E-state index contributed by atoms with van der Waals surface area (Å²) in [5.74, 6) is -3.30. The Bertz CT molecular complexity index is 1450. The molecule has 3 rings (SSSR count). The number of rotatable bonds is 12. The molecule has 4 amide bonds. The third kappa shape index (κ3) is 8.75. The third-order valence-corrected chi connectivity index (χ3v) is 6.15. The quantitative estimate of drug-likeness (QED) is 0.279. The maximum absolute atomic E-state index is 14.2. The van der Waals surface area contributed by atoms with Gasteiger partial charge in [-0.1, -0.05) is 32.0 Å². The molecule has 42 heavy (non-hydrogen) atoms. The number of para-hydroxylation sites is 2. The molecule has 3 aromatic carbocycles. The third-order valence-electron chi connectivity index (χ3n) is 6.15. The molecule has 12 heteroatoms. The largest absolute Gasteiger partial charge is 0.482 e. The van der Waals surface area contributed by atoms with E-state index in [1.807, 2.05) is 13.8 Å². The Morgan fingerprint density at radius 1 is 0.929 bits per heavy atom. The monoisotopic (exact) mass is 582 g/mol. The Morgan fingerprint density at radius 3 is 2.38 bits per heavy atom. The lowest BCUT2D eigenvalue weighted by molar-refractivity contribution is -0.120. The second kappa shape index (κ2) is 14.6. The molecule has 222 valence electrons. The van der Waals surface area contributed by atoms with Crippen LogP contribution in [0.3, 0.4) is 0 Å². The number of carboxylic acids is 1. The number of carbonyl (C=O) groups is 4. The molecule has 0 aliphatic carbocycles. The number of aromatic carboxylic acids is 1. The van der Waals surface area contributed by atoms with Gasteiger partial charge in [0.25, 0.3) is 5.91 Å². The number of hydrogen-bond acceptors (Lipinski definition) is 5. The number of urea groups is 1. The summed E-state index contributed by atoms with van der Waals surface area (Å²) in [6, 6.07) is 14.3. The molecule has 0 fully saturated rings. The van der Waals surface area contributed by atoms with Gasteiger partial charge in [0.1, 0.15) is 17.4 Å². The Labute approximate surface area is 241 Å². The van der Waals surface area contributed by atoms with Crippen LogP contribution < -0.4 is 25.2 Å². The minimum absolute atomic E-state index is 0.00825. The number of benzene rings is 3. The van der Waals surface area contributed by atoms with Crippen molar-refractivity contribution in [2.24, 2.45) is 5.92 Å². The summed E-state index contributed by atoms with van der Waals surface area (Å²) in [4.78, 5) is 52.0. The highest BCUT2D eigenvalue weighted by molar-refractivity contribution is 6.00. The fourth-order valence-corrected chi connectivity index (χ4v) is 3.84. The van der Waals surface area contributed by atoms with Gasteiger partial charge in [-0.05, 0) is 54.8 Å². The molecule has 0 heterocycles. The lowest BCUT2D eigenvalue weighted by atomic mass is 10.1. The molecule has 0 atom stereocenters. The van der Waals surface area contributed by atoms with Crippen LogP contribution in [0.2, 0.25) is 0 Å². The molecule has 10 nitrogen and oxygen atoms in total. The van der Waals surface area contributed by atoms with Gasteiger partial charge in [-0.2, -0.15) is 0 Å². The van der Waals surface area contributed by atoms with Gasteiger partial charge in [-0.25, -0.2) is 18.4 Å². The van der Waals surface area contributed by atoms with Crippen LogP contribution in [0.15, 0.2) is 66.7 Å². The van der Waals surface area contributed by atoms with Crippen molar-refractivity contribution >= 4 is 40.9 Å². The number of carboxylic acid groups (broad SMARTS) is 1. The fourth-order valence-electron chi connectivity index (χ4n) is 3.84. The van der Waals surface area contributed by atoms with Crippen LogP contribution in [0.1, 0.15) is 30.6 Å². The number of carbonyl (C=O) groups excluding carboxylic acids is 3. The van der Waals surface area contributed by atoms with Gasteiger partial charge in [0.2, 0.25) is 5.91 Å². The van der Waals surface area contributed by atoms with Gasteiger partial charge >= 0.3 is 12.0 Å². The molecule has 0 saturated carbocycles. The second-order valence-electron chi connectivity index (χ2n) is 9.73. The van der Waals surface area contributed by atoms with E-state index in [9.17, 15) is 28.0 Å². The minimum atomic E-state index is -1.15. The van der Waals surface area contributed by atoms with Crippen molar-refractivity contribution in [3.05, 3.63) is 83.9 Å². The summed E-state index contributed by atoms with van der Waals surface area (Å²) in [6.45, 7) is 3.34. The summed E-state index contributed by atoms with van der Waals surface area (Å²) < 4.78 is 33.5. The van der Waals surface area contributed by atoms with Gasteiger partial charge in [0.15, 0.2) is 6.61 Å². The number of nitrogens with one attached hydrogen (secondary N) is 2. The zero-order valence-electron chi connectivity index (χ0n) is 23.4. The average molecular weight is 583 g/mol. The summed E-state index contributed by atoms with van der Waals surface area (Å²) in [7, 11) is 1.29. The molecule has 0 bridgehead atoms. The average Bonchev–Trinajstić information content (AvgIpc) is 2.96. The van der Waals surface area contributed by atoms with Crippen LogP contribution in [0.5, 0.6) is 5.75 Å². The Hall–Kier alpha value is -5.00. The maximum Gasteiger partial charge on any atom is 0.335 e. The molecule has 3 aromatic rings. The standard InChI is InChI=1S/C30H32F2N4O6/c1-19(2)13-14-36(27(37)17-33-30(41)34-22-8-6-7-20(15-22)29(39)40)24-9-4-5-10-26(24)42-18-28(38)35(3)25-16-21(31)11-12-23(25)32/h4-12,15-16,19H,13-14,17-18H2,1-3H3,(H,39,40)(H2,33,34,41). The van der Waals surface area contributed by atoms with Crippen molar-refractivity contribution in [1.29, 1.82) is 0 Å². The molecule has 0 aliphatic heterocycles. The molecule has 0 radical (unpaired) electrons. The second-order valence-corrected chi connectivity index (χ2v) is 9.73. The highest BCUT2D eigenvalue weighted by Gasteiger charge is 2.22. The van der Waals surface area contributed by atoms with Gasteiger partial charge in [-0.3, -0.25) is 9.59 Å². The van der Waals surface area contributed by atoms with Gasteiger partial charge in [0.05, 0.1) is 23.5 Å². The summed E-state index contributed by atoms with van der Waals surface area (Å²) in [6.07, 6.45) is 0.620. The fraction of sp³-hybridized carbons (Fsp3) is 0.267. The first-order valence-corrected chi connectivity index (χ1v) is 13.1. The first kappa shape index (κ1) is 31.5. The van der Waals surface area contributed by atoms with Gasteiger partial charge in [-0.15, -0.1) is 0 Å². The lowest BCUT2D eigenvalue weighted by Crippen LogP contribution is -2.42. The van der Waals surface area contributed by atoms with E-state index < -0.39 is 48.6 Å². The van der Waals surface area contributed by atoms with E-state index in [1.54, 1.807) is 24.3 Å². The van der Waals surface area contributed by atoms with Gasteiger partial charge < -0.3 is 30.3 Å². The predicted octanol–water partition coefficient (Wildman–Crippen LogP) is 4.91. The molecule has 0 aromatic heterocycles. The maximum atomic E-state index is 14.2. The van der Waals surface area contributed by atoms with E-state index in [2.05, 4.69) is 10.6 Å². The van der Waals surface area contributed by atoms with Crippen LogP contribution in [-0.4, -0.2) is 55.7 Å². The van der Waals surface area contributed by atoms with E-state index in [0.717, 1.165) is 23.1 Å². The summed E-state index contributed by atoms with van der Waals surface area (Å²) in [5.41, 5.74) is 0.339. The predicted molar refractivity (Wildman–Crippen MR) is 154 cm³/mol. The van der Waals surface area contributed by atoms with E-state index in [4.69, 9.17) is 9.84 Å². The molecular formula is C30H32F2N4O6. The SMILES string of the molecule is CC(C)CCN(C(=O)CNC(=O)Nc1cccc(C(=O)O)c1)c1ccccc1OCC(=O)N(C)c1cc(F)ccc1F. The Morgan fingerprint density at radius 2 is 1.67 bits per heavy atom. The van der Waals surface area contributed by atoms with Crippen LogP contribution >= 0.6 is 0 Å². The number of anilines is 3. The van der Waals surface area contributed by atoms with Crippen LogP contribution in [0, 0.1) is 17.6 Å². The Balaban J connectivity index is 1.71. The van der Waals surface area contributed by atoms with E-state index >= 15 is 0 Å². The van der Waals surface area contributed by atoms with Crippen molar-refractivity contribution in [3.63, 3.8) is 0 Å². The number of ether oxygens (including phenoxy) is 1. The number of hydrogen-bond donors (Lipinski definition) is 3. The lowest BCUT2D eigenvalue weighted by Gasteiger charge is -2.26. The van der Waals surface area contributed by atoms with Crippen molar-refractivity contribution < 1.29 is 37.8 Å². The summed E-state index contributed by atoms with van der Waals surface area (Å²) >= 11 is 0. The van der Waals surface area contributed by atoms with E-state index in [0.29, 0.717) is 12.1 Å². The van der Waals surface area contributed by atoms with E-state index in [-0.39, 0.29) is 35.2 Å². The highest BCUT2D eigenvalue weighted by atomic mass is 19.1. The minimum Gasteiger partial charge on any atom is -0.482 e. The highest BCUT2D eigenvalue weighted by Crippen LogP contribution is 2.29.